The zero-order valence-electron chi connectivity index (χ0n) is 17.7. The van der Waals surface area contributed by atoms with Crippen LogP contribution < -0.4 is 0 Å². The van der Waals surface area contributed by atoms with Crippen molar-refractivity contribution in [2.75, 3.05) is 13.2 Å². The molecule has 2 N–H and O–H groups in total. The minimum atomic E-state index is -0.125. The van der Waals surface area contributed by atoms with Gasteiger partial charge in [0.15, 0.2) is 0 Å². The van der Waals surface area contributed by atoms with Crippen molar-refractivity contribution in [3.63, 3.8) is 0 Å². The largest absolute Gasteiger partial charge is 0.394 e. The molecule has 3 nitrogen and oxygen atoms in total. The van der Waals surface area contributed by atoms with Crippen LogP contribution in [0.2, 0.25) is 0 Å². The molecular weight excluding hydrogens is 324 g/mol. The van der Waals surface area contributed by atoms with Gasteiger partial charge in [0.1, 0.15) is 5.78 Å². The Morgan fingerprint density at radius 3 is 1.04 bits per heavy atom. The lowest BCUT2D eigenvalue weighted by molar-refractivity contribution is -0.119. The number of ketones is 1. The minimum absolute atomic E-state index is 0.125. The quantitative estimate of drug-likeness (QED) is 0.526. The van der Waals surface area contributed by atoms with Crippen molar-refractivity contribution in [3.05, 3.63) is 25.3 Å². The van der Waals surface area contributed by atoms with Crippen molar-refractivity contribution in [1.29, 1.82) is 0 Å². The van der Waals surface area contributed by atoms with Crippen molar-refractivity contribution < 1.29 is 15.0 Å². The van der Waals surface area contributed by atoms with E-state index >= 15 is 0 Å². The molecule has 156 valence electrons. The molecule has 0 atom stereocenters. The number of allylic oxidation sites excluding steroid dienone is 2. The second kappa shape index (κ2) is 31.8. The molecule has 0 unspecified atom stereocenters. The molecule has 0 bridgehead atoms. The summed E-state index contributed by atoms with van der Waals surface area (Å²) in [6.45, 7) is 10.2. The van der Waals surface area contributed by atoms with Crippen molar-refractivity contribution in [2.45, 2.75) is 104 Å². The van der Waals surface area contributed by atoms with Gasteiger partial charge >= 0.3 is 0 Å². The van der Waals surface area contributed by atoms with Crippen molar-refractivity contribution in [3.8, 4) is 0 Å². The van der Waals surface area contributed by atoms with E-state index in [1.807, 2.05) is 13.8 Å². The van der Waals surface area contributed by atoms with Crippen molar-refractivity contribution >= 4 is 5.78 Å². The van der Waals surface area contributed by atoms with E-state index in [0.29, 0.717) is 5.78 Å². The maximum Gasteiger partial charge on any atom is 0.132 e. The molecule has 26 heavy (non-hydrogen) atoms. The lowest BCUT2D eigenvalue weighted by Gasteiger charge is -2.01. The van der Waals surface area contributed by atoms with E-state index in [2.05, 4.69) is 13.2 Å². The van der Waals surface area contributed by atoms with Crippen LogP contribution in [0.1, 0.15) is 104 Å². The summed E-state index contributed by atoms with van der Waals surface area (Å²) in [4.78, 5) is 11.5. The second-order valence-electron chi connectivity index (χ2n) is 6.55. The van der Waals surface area contributed by atoms with Crippen LogP contribution in [0.15, 0.2) is 25.3 Å². The van der Waals surface area contributed by atoms with Gasteiger partial charge in [-0.3, -0.25) is 4.79 Å². The van der Waals surface area contributed by atoms with Gasteiger partial charge < -0.3 is 10.2 Å². The van der Waals surface area contributed by atoms with Crippen LogP contribution in [-0.4, -0.2) is 29.2 Å². The lowest BCUT2D eigenvalue weighted by Crippen LogP contribution is -1.97. The Hall–Kier alpha value is -0.930. The molecule has 0 heterocycles. The van der Waals surface area contributed by atoms with Gasteiger partial charge in [0.25, 0.3) is 0 Å². The second-order valence-corrected chi connectivity index (χ2v) is 6.55. The molecule has 0 aromatic carbocycles. The highest BCUT2D eigenvalue weighted by molar-refractivity contribution is 5.78. The molecule has 1 fully saturated rings. The Labute approximate surface area is 163 Å². The molecule has 3 heteroatoms. The molecule has 0 radical (unpaired) electrons. The molecule has 0 aromatic rings. The van der Waals surface area contributed by atoms with Crippen LogP contribution in [0.5, 0.6) is 0 Å². The maximum absolute atomic E-state index is 11.5. The highest BCUT2D eigenvalue weighted by Gasteiger charge is 2.02. The van der Waals surface area contributed by atoms with E-state index < -0.39 is 0 Å². The molecule has 0 spiro atoms. The number of carbonyl (C=O) groups is 1. The first-order valence-electron chi connectivity index (χ1n) is 10.5. The van der Waals surface area contributed by atoms with Crippen LogP contribution in [0, 0.1) is 0 Å². The Morgan fingerprint density at radius 2 is 0.846 bits per heavy atom. The van der Waals surface area contributed by atoms with Gasteiger partial charge in [0, 0.05) is 12.8 Å². The summed E-state index contributed by atoms with van der Waals surface area (Å²) in [7, 11) is 0. The monoisotopic (exact) mass is 370 g/mol. The number of Topliss-reactive ketones (excluding diaryl/α,β-unsaturated/α-hetero) is 1. The number of hydrogen-bond donors (Lipinski definition) is 2. The van der Waals surface area contributed by atoms with Crippen LogP contribution in [0.4, 0.5) is 0 Å². The van der Waals surface area contributed by atoms with Gasteiger partial charge in [-0.2, -0.15) is 0 Å². The topological polar surface area (TPSA) is 57.5 Å². The normalized spacial score (nSPS) is 16.5. The van der Waals surface area contributed by atoms with Gasteiger partial charge in [-0.05, 0) is 26.7 Å². The number of rotatable bonds is 1. The van der Waals surface area contributed by atoms with E-state index in [0.717, 1.165) is 25.7 Å². The predicted octanol–water partition coefficient (Wildman–Crippen LogP) is 6.39. The lowest BCUT2D eigenvalue weighted by atomic mass is 10.0. The third kappa shape index (κ3) is 38.6. The highest BCUT2D eigenvalue weighted by atomic mass is 16.3. The van der Waals surface area contributed by atoms with Crippen LogP contribution in [-0.2, 0) is 4.79 Å². The van der Waals surface area contributed by atoms with Crippen LogP contribution >= 0.6 is 0 Å². The smallest absolute Gasteiger partial charge is 0.132 e. The van der Waals surface area contributed by atoms with E-state index in [4.69, 9.17) is 10.2 Å². The molecular formula is C23H46O3. The highest BCUT2D eigenvalue weighted by Crippen LogP contribution is 2.15. The van der Waals surface area contributed by atoms with Gasteiger partial charge in [-0.25, -0.2) is 0 Å². The van der Waals surface area contributed by atoms with Gasteiger partial charge in [-0.1, -0.05) is 76.4 Å². The Balaban J connectivity index is -0.000000439. The molecule has 0 saturated heterocycles. The summed E-state index contributed by atoms with van der Waals surface area (Å²) in [6, 6.07) is 0. The fourth-order valence-electron chi connectivity index (χ4n) is 2.54. The molecule has 0 aliphatic heterocycles. The summed E-state index contributed by atoms with van der Waals surface area (Å²) in [5.74, 6) is 0.509. The molecule has 1 rings (SSSR count). The first kappa shape index (κ1) is 29.8. The van der Waals surface area contributed by atoms with Gasteiger partial charge in [0.2, 0.25) is 0 Å². The summed E-state index contributed by atoms with van der Waals surface area (Å²) in [5, 5.41) is 15.2. The first-order valence-corrected chi connectivity index (χ1v) is 10.5. The maximum atomic E-state index is 11.5. The third-order valence-electron chi connectivity index (χ3n) is 3.76. The average Bonchev–Trinajstić information content (AvgIpc) is 2.64. The Bertz CT molecular complexity index is 249. The molecule has 1 saturated carbocycles. The minimum Gasteiger partial charge on any atom is -0.394 e. The summed E-state index contributed by atoms with van der Waals surface area (Å²) < 4.78 is 0. The summed E-state index contributed by atoms with van der Waals surface area (Å²) in [5.41, 5.74) is 0. The fourth-order valence-corrected chi connectivity index (χ4v) is 2.54. The molecule has 1 aliphatic rings. The molecule has 0 aromatic heterocycles. The number of aliphatic hydroxyl groups excluding tert-OH is 2. The number of carbonyl (C=O) groups excluding carboxylic acids is 1. The fraction of sp³-hybridized carbons (Fsp3) is 0.783. The molecule has 0 amide bonds. The van der Waals surface area contributed by atoms with Gasteiger partial charge in [0.05, 0.1) is 13.2 Å². The predicted molar refractivity (Wildman–Crippen MR) is 116 cm³/mol. The van der Waals surface area contributed by atoms with Crippen molar-refractivity contribution in [1.82, 2.24) is 0 Å². The van der Waals surface area contributed by atoms with Crippen LogP contribution in [0.3, 0.4) is 0 Å². The summed E-state index contributed by atoms with van der Waals surface area (Å²) in [6.07, 6.45) is 21.1. The SMILES string of the molecule is C=CC.C=CC.O=C1CCCCCCCCCCCCCC1.OCCO. The zero-order valence-corrected chi connectivity index (χ0v) is 17.7. The molecule has 1 aliphatic carbocycles. The average molecular weight is 371 g/mol. The first-order chi connectivity index (χ1) is 12.6. The Morgan fingerprint density at radius 1 is 0.654 bits per heavy atom. The van der Waals surface area contributed by atoms with E-state index in [-0.39, 0.29) is 13.2 Å². The number of hydrogen-bond acceptors (Lipinski definition) is 3. The third-order valence-corrected chi connectivity index (χ3v) is 3.76. The van der Waals surface area contributed by atoms with E-state index in [1.165, 1.54) is 64.2 Å². The van der Waals surface area contributed by atoms with Gasteiger partial charge in [-0.15, -0.1) is 13.2 Å². The van der Waals surface area contributed by atoms with E-state index in [1.54, 1.807) is 12.2 Å². The number of aliphatic hydroxyl groups is 2. The standard InChI is InChI=1S/C15H28O.2C3H6.C2H6O2/c16-15-13-11-9-7-5-3-1-2-4-6-8-10-12-14-15;2*1-3-2;3-1-2-4/h1-14H2;2*3H,1H2,2H3;3-4H,1-2H2. The van der Waals surface area contributed by atoms with E-state index in [9.17, 15) is 4.79 Å². The van der Waals surface area contributed by atoms with Crippen molar-refractivity contribution in [2.24, 2.45) is 0 Å². The van der Waals surface area contributed by atoms with Crippen LogP contribution in [0.25, 0.3) is 0 Å². The summed E-state index contributed by atoms with van der Waals surface area (Å²) >= 11 is 0. The Kier molecular flexibility index (Phi) is 36.5. The zero-order chi connectivity index (χ0) is 20.3.